The van der Waals surface area contributed by atoms with Gasteiger partial charge in [0.25, 0.3) is 0 Å². The van der Waals surface area contributed by atoms with Crippen LogP contribution in [0.4, 0.5) is 0 Å². The Morgan fingerprint density at radius 2 is 2.14 bits per heavy atom. The molecule has 0 spiro atoms. The molecule has 4 nitrogen and oxygen atoms in total. The fraction of sp³-hybridized carbons (Fsp3) is 0.625. The third kappa shape index (κ3) is 3.62. The molecule has 0 radical (unpaired) electrons. The fourth-order valence-electron chi connectivity index (χ4n) is 2.78. The molecule has 0 saturated carbocycles. The van der Waals surface area contributed by atoms with Crippen molar-refractivity contribution in [2.45, 2.75) is 25.9 Å². The van der Waals surface area contributed by atoms with Crippen molar-refractivity contribution in [2.75, 3.05) is 33.9 Å². The predicted molar refractivity (Wildman–Crippen MR) is 84.5 cm³/mol. The molecule has 2 atom stereocenters. The highest BCUT2D eigenvalue weighted by molar-refractivity contribution is 6.33. The Balaban J connectivity index is 2.20. The number of nitrogens with one attached hydrogen (secondary N) is 1. The molecule has 0 aromatic heterocycles. The molecule has 1 aromatic carbocycles. The van der Waals surface area contributed by atoms with Gasteiger partial charge in [0.15, 0.2) is 11.5 Å². The van der Waals surface area contributed by atoms with Crippen molar-refractivity contribution in [2.24, 2.45) is 5.92 Å². The average molecular weight is 314 g/mol. The Bertz CT molecular complexity index is 467. The monoisotopic (exact) mass is 313 g/mol. The van der Waals surface area contributed by atoms with Crippen LogP contribution in [0.5, 0.6) is 11.5 Å². The van der Waals surface area contributed by atoms with Crippen molar-refractivity contribution >= 4 is 11.6 Å². The quantitative estimate of drug-likeness (QED) is 0.783. The largest absolute Gasteiger partial charge is 0.493 e. The highest BCUT2D eigenvalue weighted by Gasteiger charge is 2.32. The summed E-state index contributed by atoms with van der Waals surface area (Å²) < 4.78 is 16.6. The number of hydrogen-bond donors (Lipinski definition) is 1. The summed E-state index contributed by atoms with van der Waals surface area (Å²) in [5.41, 5.74) is 0.982. The summed E-state index contributed by atoms with van der Waals surface area (Å²) in [6, 6.07) is 3.87. The van der Waals surface area contributed by atoms with Gasteiger partial charge < -0.3 is 19.5 Å². The SMILES string of the molecule is CCCNCC1CCOC1c1ccc(OC)c(OC)c1Cl. The van der Waals surface area contributed by atoms with Crippen LogP contribution in [0.1, 0.15) is 31.4 Å². The van der Waals surface area contributed by atoms with Gasteiger partial charge in [0.1, 0.15) is 0 Å². The fourth-order valence-corrected chi connectivity index (χ4v) is 3.12. The number of rotatable bonds is 7. The van der Waals surface area contributed by atoms with E-state index in [0.29, 0.717) is 22.4 Å². The van der Waals surface area contributed by atoms with Gasteiger partial charge in [-0.3, -0.25) is 0 Å². The maximum atomic E-state index is 6.49. The normalized spacial score (nSPS) is 21.5. The number of ether oxygens (including phenoxy) is 3. The summed E-state index contributed by atoms with van der Waals surface area (Å²) >= 11 is 6.49. The third-order valence-electron chi connectivity index (χ3n) is 3.87. The summed E-state index contributed by atoms with van der Waals surface area (Å²) in [6.07, 6.45) is 2.20. The first-order chi connectivity index (χ1) is 10.2. The van der Waals surface area contributed by atoms with Crippen molar-refractivity contribution in [3.8, 4) is 11.5 Å². The first-order valence-electron chi connectivity index (χ1n) is 7.45. The molecule has 1 saturated heterocycles. The lowest BCUT2D eigenvalue weighted by atomic mass is 9.94. The molecule has 118 valence electrons. The van der Waals surface area contributed by atoms with Crippen LogP contribution in [0.2, 0.25) is 5.02 Å². The predicted octanol–water partition coefficient (Wildman–Crippen LogP) is 3.43. The van der Waals surface area contributed by atoms with Crippen LogP contribution < -0.4 is 14.8 Å². The molecule has 2 unspecified atom stereocenters. The van der Waals surface area contributed by atoms with Crippen LogP contribution in [-0.2, 0) is 4.74 Å². The van der Waals surface area contributed by atoms with E-state index in [1.807, 2.05) is 12.1 Å². The minimum atomic E-state index is 0.0154. The van der Waals surface area contributed by atoms with E-state index in [2.05, 4.69) is 12.2 Å². The summed E-state index contributed by atoms with van der Waals surface area (Å²) in [4.78, 5) is 0. The van der Waals surface area contributed by atoms with Crippen LogP contribution in [0.25, 0.3) is 0 Å². The average Bonchev–Trinajstić information content (AvgIpc) is 2.95. The van der Waals surface area contributed by atoms with Crippen molar-refractivity contribution in [1.82, 2.24) is 5.32 Å². The Hall–Kier alpha value is -0.970. The maximum Gasteiger partial charge on any atom is 0.179 e. The number of methoxy groups -OCH3 is 2. The molecular formula is C16H24ClNO3. The minimum absolute atomic E-state index is 0.0154. The van der Waals surface area contributed by atoms with Gasteiger partial charge in [-0.25, -0.2) is 0 Å². The second-order valence-electron chi connectivity index (χ2n) is 5.25. The van der Waals surface area contributed by atoms with Crippen LogP contribution >= 0.6 is 11.6 Å². The van der Waals surface area contributed by atoms with Gasteiger partial charge in [0, 0.05) is 24.6 Å². The molecule has 1 N–H and O–H groups in total. The van der Waals surface area contributed by atoms with Gasteiger partial charge in [-0.15, -0.1) is 0 Å². The molecular weight excluding hydrogens is 290 g/mol. The second kappa shape index (κ2) is 7.87. The molecule has 1 aromatic rings. The first-order valence-corrected chi connectivity index (χ1v) is 7.83. The summed E-state index contributed by atoms with van der Waals surface area (Å²) in [5, 5.41) is 4.06. The molecule has 1 aliphatic heterocycles. The Morgan fingerprint density at radius 1 is 1.33 bits per heavy atom. The van der Waals surface area contributed by atoms with Crippen LogP contribution in [-0.4, -0.2) is 33.9 Å². The van der Waals surface area contributed by atoms with Crippen LogP contribution in [0, 0.1) is 5.92 Å². The number of hydrogen-bond acceptors (Lipinski definition) is 4. The molecule has 1 fully saturated rings. The highest BCUT2D eigenvalue weighted by Crippen LogP contribution is 2.44. The van der Waals surface area contributed by atoms with Gasteiger partial charge in [0.05, 0.1) is 25.3 Å². The minimum Gasteiger partial charge on any atom is -0.493 e. The third-order valence-corrected chi connectivity index (χ3v) is 4.26. The zero-order chi connectivity index (χ0) is 15.2. The van der Waals surface area contributed by atoms with Gasteiger partial charge in [-0.05, 0) is 25.5 Å². The van der Waals surface area contributed by atoms with Gasteiger partial charge in [0.2, 0.25) is 0 Å². The molecule has 0 bridgehead atoms. The lowest BCUT2D eigenvalue weighted by Crippen LogP contribution is -2.25. The van der Waals surface area contributed by atoms with Crippen molar-refractivity contribution in [3.63, 3.8) is 0 Å². The maximum absolute atomic E-state index is 6.49. The summed E-state index contributed by atoms with van der Waals surface area (Å²) in [5.74, 6) is 1.66. The number of halogens is 1. The Labute approximate surface area is 131 Å². The highest BCUT2D eigenvalue weighted by atomic mass is 35.5. The van der Waals surface area contributed by atoms with Crippen LogP contribution in [0.15, 0.2) is 12.1 Å². The van der Waals surface area contributed by atoms with Crippen LogP contribution in [0.3, 0.4) is 0 Å². The van der Waals surface area contributed by atoms with Gasteiger partial charge in [-0.1, -0.05) is 24.6 Å². The lowest BCUT2D eigenvalue weighted by Gasteiger charge is -2.22. The molecule has 2 rings (SSSR count). The van der Waals surface area contributed by atoms with Crippen molar-refractivity contribution in [1.29, 1.82) is 0 Å². The zero-order valence-electron chi connectivity index (χ0n) is 12.9. The molecule has 1 heterocycles. The molecule has 1 aliphatic rings. The van der Waals surface area contributed by atoms with E-state index in [9.17, 15) is 0 Å². The second-order valence-corrected chi connectivity index (χ2v) is 5.63. The van der Waals surface area contributed by atoms with E-state index < -0.39 is 0 Å². The smallest absolute Gasteiger partial charge is 0.179 e. The van der Waals surface area contributed by atoms with E-state index in [0.717, 1.165) is 38.1 Å². The number of benzene rings is 1. The summed E-state index contributed by atoms with van der Waals surface area (Å²) in [7, 11) is 3.21. The van der Waals surface area contributed by atoms with E-state index in [-0.39, 0.29) is 6.10 Å². The lowest BCUT2D eigenvalue weighted by molar-refractivity contribution is 0.0904. The van der Waals surface area contributed by atoms with Gasteiger partial charge in [-0.2, -0.15) is 0 Å². The Kier molecular flexibility index (Phi) is 6.15. The van der Waals surface area contributed by atoms with E-state index in [4.69, 9.17) is 25.8 Å². The molecule has 0 aliphatic carbocycles. The Morgan fingerprint density at radius 3 is 2.81 bits per heavy atom. The van der Waals surface area contributed by atoms with Gasteiger partial charge >= 0.3 is 0 Å². The molecule has 5 heteroatoms. The standard InChI is InChI=1S/C16H24ClNO3/c1-4-8-18-10-11-7-9-21-15(11)12-5-6-13(19-2)16(20-3)14(12)17/h5-6,11,15,18H,4,7-10H2,1-3H3. The van der Waals surface area contributed by atoms with E-state index >= 15 is 0 Å². The summed E-state index contributed by atoms with van der Waals surface area (Å²) in [6.45, 7) is 4.92. The van der Waals surface area contributed by atoms with Crippen molar-refractivity contribution in [3.05, 3.63) is 22.7 Å². The molecule has 21 heavy (non-hydrogen) atoms. The zero-order valence-corrected chi connectivity index (χ0v) is 13.7. The van der Waals surface area contributed by atoms with Crippen molar-refractivity contribution < 1.29 is 14.2 Å². The topological polar surface area (TPSA) is 39.7 Å². The van der Waals surface area contributed by atoms with E-state index in [1.165, 1.54) is 0 Å². The van der Waals surface area contributed by atoms with E-state index in [1.54, 1.807) is 14.2 Å². The molecule has 0 amide bonds. The first kappa shape index (κ1) is 16.4.